The van der Waals surface area contributed by atoms with E-state index in [0.29, 0.717) is 31.7 Å². The van der Waals surface area contributed by atoms with E-state index in [2.05, 4.69) is 10.00 Å². The van der Waals surface area contributed by atoms with E-state index in [-0.39, 0.29) is 23.9 Å². The smallest absolute Gasteiger partial charge is 0.275 e. The molecule has 9 nitrogen and oxygen atoms in total. The van der Waals surface area contributed by atoms with Gasteiger partial charge in [-0.2, -0.15) is 5.10 Å². The van der Waals surface area contributed by atoms with Gasteiger partial charge in [-0.05, 0) is 25.8 Å². The number of amides is 1. The van der Waals surface area contributed by atoms with Gasteiger partial charge >= 0.3 is 0 Å². The summed E-state index contributed by atoms with van der Waals surface area (Å²) in [5.74, 6) is 1.95. The van der Waals surface area contributed by atoms with E-state index in [9.17, 15) is 9.59 Å². The number of aryl methyl sites for hydroxylation is 1. The molecule has 0 unspecified atom stereocenters. The van der Waals surface area contributed by atoms with Crippen LogP contribution < -0.4 is 10.5 Å². The molecule has 0 N–H and O–H groups in total. The van der Waals surface area contributed by atoms with E-state index in [4.69, 9.17) is 14.7 Å². The number of carbonyl (C=O) groups excluding carboxylic acids is 1. The van der Waals surface area contributed by atoms with Gasteiger partial charge in [0.2, 0.25) is 5.91 Å². The van der Waals surface area contributed by atoms with Crippen LogP contribution in [0, 0.1) is 6.92 Å². The number of morpholine rings is 1. The van der Waals surface area contributed by atoms with Crippen molar-refractivity contribution >= 4 is 22.5 Å². The highest BCUT2D eigenvalue weighted by Gasteiger charge is 2.27. The van der Waals surface area contributed by atoms with Crippen molar-refractivity contribution in [1.82, 2.24) is 24.6 Å². The minimum absolute atomic E-state index is 0.0452. The minimum atomic E-state index is -0.236. The molecule has 2 aromatic heterocycles. The molecule has 9 heteroatoms. The molecule has 0 radical (unpaired) electrons. The molecule has 1 amide bonds. The lowest BCUT2D eigenvalue weighted by Gasteiger charge is -2.32. The summed E-state index contributed by atoms with van der Waals surface area (Å²) in [5, 5.41) is 5.55. The standard InChI is InChI=1S/C24H28N6O3/c1-17-14-21(28-10-12-33-13-11-28)27-23(26-17)18-6-8-29(9-7-18)22(31)16-30-24(32)20-5-3-2-4-19(20)15-25-30/h2-5,14-15,18H,6-13,16H2,1H3. The third-order valence-electron chi connectivity index (χ3n) is 6.45. The molecule has 3 aromatic rings. The molecular weight excluding hydrogens is 420 g/mol. The number of aromatic nitrogens is 4. The maximum absolute atomic E-state index is 12.9. The lowest BCUT2D eigenvalue weighted by Crippen LogP contribution is -2.42. The lowest BCUT2D eigenvalue weighted by atomic mass is 9.95. The maximum atomic E-state index is 12.9. The van der Waals surface area contributed by atoms with Gasteiger partial charge in [-0.1, -0.05) is 18.2 Å². The van der Waals surface area contributed by atoms with Crippen molar-refractivity contribution in [3.63, 3.8) is 0 Å². The normalized spacial score (nSPS) is 17.5. The number of nitrogens with zero attached hydrogens (tertiary/aromatic N) is 6. The van der Waals surface area contributed by atoms with Gasteiger partial charge in [0.05, 0.1) is 24.8 Å². The Bertz CT molecular complexity index is 1210. The molecule has 5 rings (SSSR count). The molecule has 0 aliphatic carbocycles. The van der Waals surface area contributed by atoms with Crippen LogP contribution in [-0.4, -0.2) is 69.9 Å². The Kier molecular flexibility index (Phi) is 6.04. The average molecular weight is 449 g/mol. The Hall–Kier alpha value is -3.33. The summed E-state index contributed by atoms with van der Waals surface area (Å²) >= 11 is 0. The molecule has 0 bridgehead atoms. The Balaban J connectivity index is 1.24. The van der Waals surface area contributed by atoms with E-state index in [1.165, 1.54) is 4.68 Å². The molecule has 0 atom stereocenters. The summed E-state index contributed by atoms with van der Waals surface area (Å²) in [6.07, 6.45) is 3.24. The zero-order valence-electron chi connectivity index (χ0n) is 18.8. The number of anilines is 1. The van der Waals surface area contributed by atoms with Crippen LogP contribution in [0.25, 0.3) is 10.8 Å². The second kappa shape index (κ2) is 9.27. The number of piperidine rings is 1. The van der Waals surface area contributed by atoms with Gasteiger partial charge in [0.25, 0.3) is 5.56 Å². The van der Waals surface area contributed by atoms with Crippen molar-refractivity contribution < 1.29 is 9.53 Å². The summed E-state index contributed by atoms with van der Waals surface area (Å²) in [6.45, 7) is 6.31. The highest BCUT2D eigenvalue weighted by molar-refractivity contribution is 5.81. The van der Waals surface area contributed by atoms with Crippen molar-refractivity contribution in [1.29, 1.82) is 0 Å². The summed E-state index contributed by atoms with van der Waals surface area (Å²) < 4.78 is 6.71. The van der Waals surface area contributed by atoms with Gasteiger partial charge in [-0.15, -0.1) is 0 Å². The maximum Gasteiger partial charge on any atom is 0.275 e. The van der Waals surface area contributed by atoms with E-state index < -0.39 is 0 Å². The predicted octanol–water partition coefficient (Wildman–Crippen LogP) is 1.74. The number of carbonyl (C=O) groups is 1. The Morgan fingerprint density at radius 1 is 1.09 bits per heavy atom. The monoisotopic (exact) mass is 448 g/mol. The van der Waals surface area contributed by atoms with Crippen LogP contribution in [0.3, 0.4) is 0 Å². The number of hydrogen-bond acceptors (Lipinski definition) is 7. The number of likely N-dealkylation sites (tertiary alicyclic amines) is 1. The van der Waals surface area contributed by atoms with Crippen molar-refractivity contribution in [2.75, 3.05) is 44.3 Å². The first-order valence-corrected chi connectivity index (χ1v) is 11.5. The quantitative estimate of drug-likeness (QED) is 0.600. The Morgan fingerprint density at radius 2 is 1.85 bits per heavy atom. The van der Waals surface area contributed by atoms with Crippen LogP contribution in [0.1, 0.15) is 30.3 Å². The van der Waals surface area contributed by atoms with Crippen LogP contribution in [0.2, 0.25) is 0 Å². The number of benzene rings is 1. The fraction of sp³-hybridized carbons (Fsp3) is 0.458. The summed E-state index contributed by atoms with van der Waals surface area (Å²) in [7, 11) is 0. The van der Waals surface area contributed by atoms with Gasteiger partial charge in [0.15, 0.2) is 0 Å². The third-order valence-corrected chi connectivity index (χ3v) is 6.45. The molecule has 4 heterocycles. The number of hydrogen-bond donors (Lipinski definition) is 0. The minimum Gasteiger partial charge on any atom is -0.378 e. The zero-order valence-corrected chi connectivity index (χ0v) is 18.8. The van der Waals surface area contributed by atoms with Crippen LogP contribution in [0.15, 0.2) is 41.3 Å². The first-order chi connectivity index (χ1) is 16.1. The molecule has 2 fully saturated rings. The number of rotatable bonds is 4. The molecule has 0 spiro atoms. The predicted molar refractivity (Wildman–Crippen MR) is 124 cm³/mol. The molecule has 2 aliphatic heterocycles. The number of fused-ring (bicyclic) bond motifs is 1. The average Bonchev–Trinajstić information content (AvgIpc) is 2.86. The van der Waals surface area contributed by atoms with E-state index >= 15 is 0 Å². The molecular formula is C24H28N6O3. The molecule has 172 valence electrons. The van der Waals surface area contributed by atoms with Crippen molar-refractivity contribution in [2.24, 2.45) is 0 Å². The van der Waals surface area contributed by atoms with Crippen LogP contribution in [-0.2, 0) is 16.1 Å². The molecule has 33 heavy (non-hydrogen) atoms. The summed E-state index contributed by atoms with van der Waals surface area (Å²) in [5.41, 5.74) is 0.724. The third kappa shape index (κ3) is 4.59. The largest absolute Gasteiger partial charge is 0.378 e. The number of ether oxygens (including phenoxy) is 1. The van der Waals surface area contributed by atoms with Gasteiger partial charge in [-0.25, -0.2) is 14.6 Å². The van der Waals surface area contributed by atoms with E-state index in [1.54, 1.807) is 12.3 Å². The fourth-order valence-corrected chi connectivity index (χ4v) is 4.57. The van der Waals surface area contributed by atoms with Crippen LogP contribution in [0.5, 0.6) is 0 Å². The highest BCUT2D eigenvalue weighted by atomic mass is 16.5. The van der Waals surface area contributed by atoms with Gasteiger partial charge in [0.1, 0.15) is 18.2 Å². The van der Waals surface area contributed by atoms with Crippen LogP contribution >= 0.6 is 0 Å². The van der Waals surface area contributed by atoms with Gasteiger partial charge in [0, 0.05) is 49.2 Å². The highest BCUT2D eigenvalue weighted by Crippen LogP contribution is 2.27. The summed E-state index contributed by atoms with van der Waals surface area (Å²) in [6, 6.07) is 9.32. The van der Waals surface area contributed by atoms with E-state index in [1.807, 2.05) is 36.1 Å². The first kappa shape index (κ1) is 21.5. The van der Waals surface area contributed by atoms with Gasteiger partial charge < -0.3 is 14.5 Å². The summed E-state index contributed by atoms with van der Waals surface area (Å²) in [4.78, 5) is 39.2. The van der Waals surface area contributed by atoms with Crippen molar-refractivity contribution in [3.05, 3.63) is 58.4 Å². The molecule has 1 aromatic carbocycles. The molecule has 2 aliphatic rings. The van der Waals surface area contributed by atoms with E-state index in [0.717, 1.165) is 48.7 Å². The topological polar surface area (TPSA) is 93.5 Å². The lowest BCUT2D eigenvalue weighted by molar-refractivity contribution is -0.133. The fourth-order valence-electron chi connectivity index (χ4n) is 4.57. The second-order valence-corrected chi connectivity index (χ2v) is 8.67. The zero-order chi connectivity index (χ0) is 22.8. The second-order valence-electron chi connectivity index (χ2n) is 8.67. The SMILES string of the molecule is Cc1cc(N2CCOCC2)nc(C2CCN(C(=O)Cn3ncc4ccccc4c3=O)CC2)n1. The Labute approximate surface area is 192 Å². The van der Waals surface area contributed by atoms with Crippen molar-refractivity contribution in [2.45, 2.75) is 32.2 Å². The Morgan fingerprint density at radius 3 is 2.64 bits per heavy atom. The van der Waals surface area contributed by atoms with Crippen LogP contribution in [0.4, 0.5) is 5.82 Å². The molecule has 2 saturated heterocycles. The first-order valence-electron chi connectivity index (χ1n) is 11.5. The van der Waals surface area contributed by atoms with Crippen molar-refractivity contribution in [3.8, 4) is 0 Å². The molecule has 0 saturated carbocycles. The van der Waals surface area contributed by atoms with Gasteiger partial charge in [-0.3, -0.25) is 9.59 Å².